The highest BCUT2D eigenvalue weighted by Crippen LogP contribution is 2.25. The van der Waals surface area contributed by atoms with Gasteiger partial charge in [-0.15, -0.1) is 0 Å². The van der Waals surface area contributed by atoms with Gasteiger partial charge in [0, 0.05) is 5.56 Å². The summed E-state index contributed by atoms with van der Waals surface area (Å²) < 4.78 is 15.5. The summed E-state index contributed by atoms with van der Waals surface area (Å²) >= 11 is 0. The first-order valence-electron chi connectivity index (χ1n) is 7.99. The van der Waals surface area contributed by atoms with Crippen molar-refractivity contribution in [1.29, 1.82) is 0 Å². The Balaban J connectivity index is 2.04. The third-order valence-electron chi connectivity index (χ3n) is 3.62. The van der Waals surface area contributed by atoms with E-state index in [-0.39, 0.29) is 0 Å². The lowest BCUT2D eigenvalue weighted by molar-refractivity contribution is -0.136. The van der Waals surface area contributed by atoms with E-state index in [4.69, 9.17) is 14.2 Å². The van der Waals surface area contributed by atoms with Crippen LogP contribution in [0, 0.1) is 6.92 Å². The fourth-order valence-electron chi connectivity index (χ4n) is 2.25. The number of amides is 2. The summed E-state index contributed by atoms with van der Waals surface area (Å²) in [7, 11) is 4.53. The van der Waals surface area contributed by atoms with E-state index in [2.05, 4.69) is 15.8 Å². The molecule has 2 N–H and O–H groups in total. The molecule has 0 unspecified atom stereocenters. The number of nitrogens with one attached hydrogen (secondary N) is 2. The molecule has 142 valence electrons. The zero-order valence-corrected chi connectivity index (χ0v) is 15.5. The van der Waals surface area contributed by atoms with Gasteiger partial charge in [-0.25, -0.2) is 5.43 Å². The van der Waals surface area contributed by atoms with Crippen molar-refractivity contribution in [2.24, 2.45) is 5.10 Å². The number of anilines is 1. The van der Waals surface area contributed by atoms with Crippen LogP contribution >= 0.6 is 0 Å². The summed E-state index contributed by atoms with van der Waals surface area (Å²) in [4.78, 5) is 24.0. The third-order valence-corrected chi connectivity index (χ3v) is 3.62. The molecule has 0 fully saturated rings. The minimum atomic E-state index is -0.920. The third kappa shape index (κ3) is 5.21. The minimum absolute atomic E-state index is 0.399. The molecule has 0 bridgehead atoms. The van der Waals surface area contributed by atoms with Crippen molar-refractivity contribution in [3.63, 3.8) is 0 Å². The molecule has 8 heteroatoms. The quantitative estimate of drug-likeness (QED) is 0.460. The van der Waals surface area contributed by atoms with Crippen molar-refractivity contribution in [1.82, 2.24) is 5.43 Å². The Morgan fingerprint density at radius 2 is 1.63 bits per heavy atom. The van der Waals surface area contributed by atoms with Gasteiger partial charge >= 0.3 is 11.8 Å². The Morgan fingerprint density at radius 3 is 2.30 bits per heavy atom. The number of carbonyl (C=O) groups excluding carboxylic acids is 2. The zero-order chi connectivity index (χ0) is 19.8. The van der Waals surface area contributed by atoms with Gasteiger partial charge in [0.15, 0.2) is 0 Å². The molecule has 0 atom stereocenters. The maximum Gasteiger partial charge on any atom is 0.329 e. The van der Waals surface area contributed by atoms with Crippen molar-refractivity contribution < 1.29 is 23.8 Å². The molecule has 2 aromatic rings. The van der Waals surface area contributed by atoms with Gasteiger partial charge in [-0.05, 0) is 42.8 Å². The maximum absolute atomic E-state index is 12.1. The second kappa shape index (κ2) is 9.23. The summed E-state index contributed by atoms with van der Waals surface area (Å²) in [6.07, 6.45) is 1.36. The number of ether oxygens (including phenoxy) is 3. The normalized spacial score (nSPS) is 10.4. The number of hydrogen-bond acceptors (Lipinski definition) is 6. The van der Waals surface area contributed by atoms with Gasteiger partial charge < -0.3 is 19.5 Å². The number of nitrogens with zero attached hydrogens (tertiary/aromatic N) is 1. The molecule has 0 saturated heterocycles. The lowest BCUT2D eigenvalue weighted by Crippen LogP contribution is -2.32. The largest absolute Gasteiger partial charge is 0.497 e. The standard InChI is InChI=1S/C19H21N3O5/c1-12-5-7-17(27-4)15(9-12)21-18(23)19(24)22-20-11-13-10-14(25-2)6-8-16(13)26-3/h5-11H,1-4H3,(H,21,23)(H,22,24)/b20-11-. The highest BCUT2D eigenvalue weighted by Gasteiger charge is 2.15. The molecule has 0 radical (unpaired) electrons. The van der Waals surface area contributed by atoms with Gasteiger partial charge in [-0.2, -0.15) is 5.10 Å². The molecule has 0 spiro atoms. The number of hydrazone groups is 1. The van der Waals surface area contributed by atoms with Crippen molar-refractivity contribution in [3.8, 4) is 17.2 Å². The zero-order valence-electron chi connectivity index (χ0n) is 15.5. The highest BCUT2D eigenvalue weighted by atomic mass is 16.5. The Morgan fingerprint density at radius 1 is 0.926 bits per heavy atom. The lowest BCUT2D eigenvalue weighted by Gasteiger charge is -2.10. The van der Waals surface area contributed by atoms with Crippen molar-refractivity contribution in [2.75, 3.05) is 26.6 Å². The molecule has 2 aromatic carbocycles. The van der Waals surface area contributed by atoms with E-state index in [1.54, 1.807) is 30.3 Å². The summed E-state index contributed by atoms with van der Waals surface area (Å²) in [5.74, 6) is -0.188. The number of hydrogen-bond donors (Lipinski definition) is 2. The van der Waals surface area contributed by atoms with Crippen LogP contribution in [0.15, 0.2) is 41.5 Å². The highest BCUT2D eigenvalue weighted by molar-refractivity contribution is 6.39. The van der Waals surface area contributed by atoms with Gasteiger partial charge in [-0.3, -0.25) is 9.59 Å². The molecule has 0 aliphatic heterocycles. The average Bonchev–Trinajstić information content (AvgIpc) is 2.67. The summed E-state index contributed by atoms with van der Waals surface area (Å²) in [5, 5.41) is 6.29. The molecule has 0 aromatic heterocycles. The molecular formula is C19H21N3O5. The first-order valence-corrected chi connectivity index (χ1v) is 7.99. The number of carbonyl (C=O) groups is 2. The minimum Gasteiger partial charge on any atom is -0.497 e. The summed E-state index contributed by atoms with van der Waals surface area (Å²) in [6, 6.07) is 10.4. The number of rotatable bonds is 6. The van der Waals surface area contributed by atoms with E-state index < -0.39 is 11.8 Å². The van der Waals surface area contributed by atoms with Crippen LogP contribution in [0.3, 0.4) is 0 Å². The molecule has 0 aliphatic carbocycles. The Labute approximate surface area is 157 Å². The van der Waals surface area contributed by atoms with E-state index in [1.807, 2.05) is 13.0 Å². The number of aryl methyl sites for hydroxylation is 1. The van der Waals surface area contributed by atoms with E-state index >= 15 is 0 Å². The first kappa shape index (κ1) is 19.8. The van der Waals surface area contributed by atoms with Gasteiger partial charge in [0.25, 0.3) is 0 Å². The van der Waals surface area contributed by atoms with Crippen LogP contribution in [0.4, 0.5) is 5.69 Å². The van der Waals surface area contributed by atoms with Crippen LogP contribution < -0.4 is 25.0 Å². The Hall–Kier alpha value is -3.55. The SMILES string of the molecule is COc1ccc(OC)c(/C=N\NC(=O)C(=O)Nc2cc(C)ccc2OC)c1. The van der Waals surface area contributed by atoms with E-state index in [9.17, 15) is 9.59 Å². The van der Waals surface area contributed by atoms with Crippen LogP contribution in [-0.4, -0.2) is 39.4 Å². The average molecular weight is 371 g/mol. The predicted octanol–water partition coefficient (Wildman–Crippen LogP) is 2.11. The van der Waals surface area contributed by atoms with Crippen molar-refractivity contribution >= 4 is 23.7 Å². The second-order valence-electron chi connectivity index (χ2n) is 5.46. The molecule has 2 amide bonds. The summed E-state index contributed by atoms with van der Waals surface area (Å²) in [6.45, 7) is 1.86. The molecule has 2 rings (SSSR count). The monoisotopic (exact) mass is 371 g/mol. The van der Waals surface area contributed by atoms with Gasteiger partial charge in [0.1, 0.15) is 17.2 Å². The Kier molecular flexibility index (Phi) is 6.76. The van der Waals surface area contributed by atoms with Crippen LogP contribution in [0.2, 0.25) is 0 Å². The van der Waals surface area contributed by atoms with Gasteiger partial charge in [0.2, 0.25) is 0 Å². The lowest BCUT2D eigenvalue weighted by atomic mass is 10.2. The Bertz CT molecular complexity index is 864. The van der Waals surface area contributed by atoms with Crippen LogP contribution in [0.5, 0.6) is 17.2 Å². The molecule has 0 aliphatic rings. The molecule has 0 saturated carbocycles. The second-order valence-corrected chi connectivity index (χ2v) is 5.46. The fraction of sp³-hybridized carbons (Fsp3) is 0.211. The number of methoxy groups -OCH3 is 3. The summed E-state index contributed by atoms with van der Waals surface area (Å²) in [5.41, 5.74) is 4.07. The van der Waals surface area contributed by atoms with Crippen molar-refractivity contribution in [2.45, 2.75) is 6.92 Å². The molecule has 8 nitrogen and oxygen atoms in total. The fourth-order valence-corrected chi connectivity index (χ4v) is 2.25. The van der Waals surface area contributed by atoms with E-state index in [0.717, 1.165) is 5.56 Å². The maximum atomic E-state index is 12.1. The topological polar surface area (TPSA) is 98.3 Å². The van der Waals surface area contributed by atoms with E-state index in [1.165, 1.54) is 27.5 Å². The molecule has 0 heterocycles. The van der Waals surface area contributed by atoms with Crippen LogP contribution in [0.1, 0.15) is 11.1 Å². The van der Waals surface area contributed by atoms with E-state index in [0.29, 0.717) is 28.5 Å². The van der Waals surface area contributed by atoms with Crippen LogP contribution in [0.25, 0.3) is 0 Å². The van der Waals surface area contributed by atoms with Crippen LogP contribution in [-0.2, 0) is 9.59 Å². The number of benzene rings is 2. The molecular weight excluding hydrogens is 350 g/mol. The van der Waals surface area contributed by atoms with Gasteiger partial charge in [-0.1, -0.05) is 6.07 Å². The van der Waals surface area contributed by atoms with Crippen molar-refractivity contribution in [3.05, 3.63) is 47.5 Å². The predicted molar refractivity (Wildman–Crippen MR) is 102 cm³/mol. The molecule has 27 heavy (non-hydrogen) atoms. The smallest absolute Gasteiger partial charge is 0.329 e. The first-order chi connectivity index (χ1) is 13.0. The van der Waals surface area contributed by atoms with Gasteiger partial charge in [0.05, 0.1) is 33.2 Å².